The van der Waals surface area contributed by atoms with Gasteiger partial charge in [0.25, 0.3) is 0 Å². The van der Waals surface area contributed by atoms with Gasteiger partial charge in [-0.05, 0) is 31.2 Å². The summed E-state index contributed by atoms with van der Waals surface area (Å²) in [7, 11) is 0. The smallest absolute Gasteiger partial charge is 0.230 e. The zero-order valence-electron chi connectivity index (χ0n) is 9.18. The van der Waals surface area contributed by atoms with Crippen LogP contribution < -0.4 is 4.74 Å². The lowest BCUT2D eigenvalue weighted by Gasteiger charge is -2.07. The van der Waals surface area contributed by atoms with E-state index in [2.05, 4.69) is 4.98 Å². The van der Waals surface area contributed by atoms with E-state index >= 15 is 0 Å². The Morgan fingerprint density at radius 2 is 2.12 bits per heavy atom. The SMILES string of the molecule is CC(=O)c1cccnc1Oc1cccc(F)c1. The van der Waals surface area contributed by atoms with E-state index in [4.69, 9.17) is 4.74 Å². The molecular formula is C13H10FNO2. The number of hydrogen-bond acceptors (Lipinski definition) is 3. The zero-order valence-corrected chi connectivity index (χ0v) is 9.18. The van der Waals surface area contributed by atoms with Crippen molar-refractivity contribution >= 4 is 5.78 Å². The molecule has 0 aliphatic carbocycles. The van der Waals surface area contributed by atoms with Crippen LogP contribution in [0.5, 0.6) is 11.6 Å². The predicted octanol–water partition coefficient (Wildman–Crippen LogP) is 3.22. The van der Waals surface area contributed by atoms with Crippen LogP contribution in [0.15, 0.2) is 42.6 Å². The number of rotatable bonds is 3. The Kier molecular flexibility index (Phi) is 3.14. The van der Waals surface area contributed by atoms with Crippen LogP contribution >= 0.6 is 0 Å². The quantitative estimate of drug-likeness (QED) is 0.761. The Morgan fingerprint density at radius 3 is 2.82 bits per heavy atom. The molecule has 2 rings (SSSR count). The van der Waals surface area contributed by atoms with E-state index in [1.165, 1.54) is 31.3 Å². The highest BCUT2D eigenvalue weighted by molar-refractivity contribution is 5.96. The number of benzene rings is 1. The Bertz CT molecular complexity index is 555. The molecule has 0 saturated heterocycles. The summed E-state index contributed by atoms with van der Waals surface area (Å²) < 4.78 is 18.3. The Hall–Kier alpha value is -2.23. The monoisotopic (exact) mass is 231 g/mol. The summed E-state index contributed by atoms with van der Waals surface area (Å²) >= 11 is 0. The third-order valence-corrected chi connectivity index (χ3v) is 2.16. The van der Waals surface area contributed by atoms with E-state index in [9.17, 15) is 9.18 Å². The molecule has 0 unspecified atom stereocenters. The van der Waals surface area contributed by atoms with Gasteiger partial charge in [0.15, 0.2) is 5.78 Å². The average molecular weight is 231 g/mol. The van der Waals surface area contributed by atoms with Gasteiger partial charge in [0.1, 0.15) is 11.6 Å². The van der Waals surface area contributed by atoms with Crippen molar-refractivity contribution in [3.8, 4) is 11.6 Å². The van der Waals surface area contributed by atoms with Crippen LogP contribution in [0.2, 0.25) is 0 Å². The maximum atomic E-state index is 13.0. The lowest BCUT2D eigenvalue weighted by atomic mass is 10.2. The van der Waals surface area contributed by atoms with Crippen molar-refractivity contribution < 1.29 is 13.9 Å². The molecule has 0 aliphatic rings. The predicted molar refractivity (Wildman–Crippen MR) is 60.7 cm³/mol. The summed E-state index contributed by atoms with van der Waals surface area (Å²) in [5, 5.41) is 0. The van der Waals surface area contributed by atoms with Crippen molar-refractivity contribution in [1.29, 1.82) is 0 Å². The first-order chi connectivity index (χ1) is 8.16. The fraction of sp³-hybridized carbons (Fsp3) is 0.0769. The van der Waals surface area contributed by atoms with Crippen molar-refractivity contribution in [3.05, 3.63) is 54.0 Å². The van der Waals surface area contributed by atoms with Crippen molar-refractivity contribution in [3.63, 3.8) is 0 Å². The lowest BCUT2D eigenvalue weighted by molar-refractivity contribution is 0.101. The van der Waals surface area contributed by atoms with Crippen LogP contribution in [0.3, 0.4) is 0 Å². The minimum absolute atomic E-state index is 0.149. The number of ether oxygens (including phenoxy) is 1. The Balaban J connectivity index is 2.33. The molecule has 4 heteroatoms. The van der Waals surface area contributed by atoms with Crippen molar-refractivity contribution in [1.82, 2.24) is 4.98 Å². The summed E-state index contributed by atoms with van der Waals surface area (Å²) in [6.45, 7) is 1.43. The van der Waals surface area contributed by atoms with E-state index in [1.54, 1.807) is 18.2 Å². The van der Waals surface area contributed by atoms with Crippen molar-refractivity contribution in [2.24, 2.45) is 0 Å². The third kappa shape index (κ3) is 2.66. The molecule has 0 bridgehead atoms. The van der Waals surface area contributed by atoms with Crippen molar-refractivity contribution in [2.75, 3.05) is 0 Å². The van der Waals surface area contributed by atoms with E-state index in [0.29, 0.717) is 11.3 Å². The number of hydrogen-bond donors (Lipinski definition) is 0. The van der Waals surface area contributed by atoms with Gasteiger partial charge >= 0.3 is 0 Å². The van der Waals surface area contributed by atoms with E-state index in [0.717, 1.165) is 0 Å². The van der Waals surface area contributed by atoms with Crippen LogP contribution in [0, 0.1) is 5.82 Å². The topological polar surface area (TPSA) is 39.2 Å². The molecule has 1 aromatic carbocycles. The van der Waals surface area contributed by atoms with E-state index < -0.39 is 5.82 Å². The van der Waals surface area contributed by atoms with Crippen LogP contribution in [0.25, 0.3) is 0 Å². The number of carbonyl (C=O) groups excluding carboxylic acids is 1. The molecule has 0 N–H and O–H groups in total. The Morgan fingerprint density at radius 1 is 1.29 bits per heavy atom. The molecule has 0 aliphatic heterocycles. The molecule has 1 aromatic heterocycles. The molecule has 0 atom stereocenters. The van der Waals surface area contributed by atoms with Crippen molar-refractivity contribution in [2.45, 2.75) is 6.92 Å². The van der Waals surface area contributed by atoms with Gasteiger partial charge in [0, 0.05) is 12.3 Å². The van der Waals surface area contributed by atoms with Crippen LogP contribution in [-0.4, -0.2) is 10.8 Å². The standard InChI is InChI=1S/C13H10FNO2/c1-9(16)12-6-3-7-15-13(12)17-11-5-2-4-10(14)8-11/h2-8H,1H3. The lowest BCUT2D eigenvalue weighted by Crippen LogP contribution is -1.98. The summed E-state index contributed by atoms with van der Waals surface area (Å²) in [5.74, 6) is -0.0518. The highest BCUT2D eigenvalue weighted by Gasteiger charge is 2.10. The minimum Gasteiger partial charge on any atom is -0.438 e. The second kappa shape index (κ2) is 4.74. The van der Waals surface area contributed by atoms with Gasteiger partial charge in [-0.15, -0.1) is 0 Å². The summed E-state index contributed by atoms with van der Waals surface area (Å²) in [6, 6.07) is 8.94. The van der Waals surface area contributed by atoms with Gasteiger partial charge in [-0.25, -0.2) is 9.37 Å². The number of ketones is 1. The van der Waals surface area contributed by atoms with Crippen LogP contribution in [0.4, 0.5) is 4.39 Å². The molecule has 0 saturated carbocycles. The van der Waals surface area contributed by atoms with Crippen LogP contribution in [0.1, 0.15) is 17.3 Å². The first kappa shape index (κ1) is 11.3. The normalized spacial score (nSPS) is 10.0. The number of pyridine rings is 1. The molecular weight excluding hydrogens is 221 g/mol. The maximum Gasteiger partial charge on any atom is 0.230 e. The molecule has 86 valence electrons. The second-order valence-corrected chi connectivity index (χ2v) is 3.47. The molecule has 2 aromatic rings. The van der Waals surface area contributed by atoms with Gasteiger partial charge in [0.2, 0.25) is 5.88 Å². The molecule has 0 spiro atoms. The molecule has 17 heavy (non-hydrogen) atoms. The minimum atomic E-state index is -0.400. The second-order valence-electron chi connectivity index (χ2n) is 3.47. The molecule has 0 radical (unpaired) electrons. The molecule has 0 fully saturated rings. The average Bonchev–Trinajstić information content (AvgIpc) is 2.29. The highest BCUT2D eigenvalue weighted by Crippen LogP contribution is 2.23. The fourth-order valence-corrected chi connectivity index (χ4v) is 1.38. The van der Waals surface area contributed by atoms with Gasteiger partial charge in [-0.3, -0.25) is 4.79 Å². The fourth-order valence-electron chi connectivity index (χ4n) is 1.38. The zero-order chi connectivity index (χ0) is 12.3. The number of aromatic nitrogens is 1. The largest absolute Gasteiger partial charge is 0.438 e. The number of Topliss-reactive ketones (excluding diaryl/α,β-unsaturated/α-hetero) is 1. The molecule has 3 nitrogen and oxygen atoms in total. The van der Waals surface area contributed by atoms with Gasteiger partial charge in [0.05, 0.1) is 5.56 Å². The molecule has 1 heterocycles. The van der Waals surface area contributed by atoms with E-state index in [-0.39, 0.29) is 11.7 Å². The van der Waals surface area contributed by atoms with Gasteiger partial charge in [-0.1, -0.05) is 6.07 Å². The highest BCUT2D eigenvalue weighted by atomic mass is 19.1. The van der Waals surface area contributed by atoms with E-state index in [1.807, 2.05) is 0 Å². The summed E-state index contributed by atoms with van der Waals surface area (Å²) in [4.78, 5) is 15.3. The summed E-state index contributed by atoms with van der Waals surface area (Å²) in [6.07, 6.45) is 1.51. The van der Waals surface area contributed by atoms with Crippen LogP contribution in [-0.2, 0) is 0 Å². The summed E-state index contributed by atoms with van der Waals surface area (Å²) in [5.41, 5.74) is 0.372. The first-order valence-electron chi connectivity index (χ1n) is 5.06. The number of nitrogens with zero attached hydrogens (tertiary/aromatic N) is 1. The first-order valence-corrected chi connectivity index (χ1v) is 5.06. The third-order valence-electron chi connectivity index (χ3n) is 2.16. The maximum absolute atomic E-state index is 13.0. The van der Waals surface area contributed by atoms with Gasteiger partial charge < -0.3 is 4.74 Å². The van der Waals surface area contributed by atoms with Gasteiger partial charge in [-0.2, -0.15) is 0 Å². The number of halogens is 1. The number of carbonyl (C=O) groups is 1. The molecule has 0 amide bonds. The Labute approximate surface area is 97.9 Å².